The highest BCUT2D eigenvalue weighted by atomic mass is 35.5. The van der Waals surface area contributed by atoms with E-state index in [1.165, 1.54) is 12.8 Å². The number of nitrogens with one attached hydrogen (secondary N) is 2. The van der Waals surface area contributed by atoms with Crippen molar-refractivity contribution in [2.45, 2.75) is 38.5 Å². The fourth-order valence-electron chi connectivity index (χ4n) is 3.24. The highest BCUT2D eigenvalue weighted by Gasteiger charge is 2.13. The Morgan fingerprint density at radius 1 is 1.26 bits per heavy atom. The average Bonchev–Trinajstić information content (AvgIpc) is 3.12. The molecule has 2 N–H and O–H groups in total. The lowest BCUT2D eigenvalue weighted by Crippen LogP contribution is -2.33. The number of aryl methyl sites for hydroxylation is 1. The number of nitrogens with zero attached hydrogens (tertiary/aromatic N) is 1. The molecule has 7 heteroatoms. The minimum atomic E-state index is 0. The molecule has 2 aromatic rings. The third-order valence-electron chi connectivity index (χ3n) is 4.68. The Morgan fingerprint density at radius 2 is 2.07 bits per heavy atom. The van der Waals surface area contributed by atoms with Crippen LogP contribution in [0.15, 0.2) is 40.9 Å². The van der Waals surface area contributed by atoms with Gasteiger partial charge in [0.1, 0.15) is 0 Å². The molecule has 1 saturated heterocycles. The smallest absolute Gasteiger partial charge is 0.220 e. The minimum absolute atomic E-state index is 0. The summed E-state index contributed by atoms with van der Waals surface area (Å²) in [5.74, 6) is 2.30. The Labute approximate surface area is 173 Å². The fourth-order valence-corrected chi connectivity index (χ4v) is 3.24. The first-order valence-electron chi connectivity index (χ1n) is 9.29. The minimum Gasteiger partial charge on any atom is -0.441 e. The van der Waals surface area contributed by atoms with Gasteiger partial charge in [0.2, 0.25) is 5.91 Å². The van der Waals surface area contributed by atoms with Gasteiger partial charge in [0.05, 0.1) is 6.20 Å². The van der Waals surface area contributed by atoms with Crippen molar-refractivity contribution in [2.75, 3.05) is 19.6 Å². The molecule has 0 aliphatic carbocycles. The second-order valence-corrected chi connectivity index (χ2v) is 6.69. The first-order chi connectivity index (χ1) is 12.3. The van der Waals surface area contributed by atoms with Crippen LogP contribution in [0.2, 0.25) is 0 Å². The van der Waals surface area contributed by atoms with Gasteiger partial charge in [-0.15, -0.1) is 24.8 Å². The van der Waals surface area contributed by atoms with E-state index in [0.29, 0.717) is 24.7 Å². The van der Waals surface area contributed by atoms with E-state index < -0.39 is 0 Å². The summed E-state index contributed by atoms with van der Waals surface area (Å²) < 4.78 is 5.76. The number of halogens is 2. The summed E-state index contributed by atoms with van der Waals surface area (Å²) in [6.07, 6.45) is 7.31. The largest absolute Gasteiger partial charge is 0.441 e. The monoisotopic (exact) mass is 413 g/mol. The molecule has 0 saturated carbocycles. The maximum atomic E-state index is 11.9. The molecule has 1 unspecified atom stereocenters. The molecule has 0 bridgehead atoms. The summed E-state index contributed by atoms with van der Waals surface area (Å²) in [6.45, 7) is 3.00. The van der Waals surface area contributed by atoms with E-state index in [9.17, 15) is 4.79 Å². The summed E-state index contributed by atoms with van der Waals surface area (Å²) in [6, 6.07) is 9.93. The summed E-state index contributed by atoms with van der Waals surface area (Å²) in [5, 5.41) is 6.44. The van der Waals surface area contributed by atoms with E-state index in [0.717, 1.165) is 43.8 Å². The predicted octanol–water partition coefficient (Wildman–Crippen LogP) is 4.01. The number of aromatic nitrogens is 1. The lowest BCUT2D eigenvalue weighted by atomic mass is 9.96. The van der Waals surface area contributed by atoms with Crippen LogP contribution < -0.4 is 10.6 Å². The molecule has 3 rings (SSSR count). The molecule has 1 amide bonds. The number of carbonyl (C=O) groups excluding carboxylic acids is 1. The molecule has 1 aliphatic heterocycles. The Morgan fingerprint density at radius 3 is 2.81 bits per heavy atom. The zero-order valence-corrected chi connectivity index (χ0v) is 17.1. The number of piperidine rings is 1. The van der Waals surface area contributed by atoms with Crippen molar-refractivity contribution in [1.82, 2.24) is 15.6 Å². The van der Waals surface area contributed by atoms with Crippen LogP contribution in [0.1, 0.15) is 38.0 Å². The number of rotatable bonds is 8. The van der Waals surface area contributed by atoms with Gasteiger partial charge < -0.3 is 15.1 Å². The molecular weight excluding hydrogens is 385 g/mol. The lowest BCUT2D eigenvalue weighted by molar-refractivity contribution is -0.121. The van der Waals surface area contributed by atoms with Crippen LogP contribution in [-0.2, 0) is 11.2 Å². The molecular formula is C20H29Cl2N3O2. The third-order valence-corrected chi connectivity index (χ3v) is 4.68. The maximum absolute atomic E-state index is 11.9. The first-order valence-corrected chi connectivity index (χ1v) is 9.29. The molecule has 1 atom stereocenters. The summed E-state index contributed by atoms with van der Waals surface area (Å²) in [4.78, 5) is 16.2. The quantitative estimate of drug-likeness (QED) is 0.685. The lowest BCUT2D eigenvalue weighted by Gasteiger charge is -2.22. The van der Waals surface area contributed by atoms with Gasteiger partial charge >= 0.3 is 0 Å². The fraction of sp³-hybridized carbons (Fsp3) is 0.500. The molecule has 0 spiro atoms. The highest BCUT2D eigenvalue weighted by molar-refractivity contribution is 5.85. The van der Waals surface area contributed by atoms with Crippen LogP contribution in [-0.4, -0.2) is 30.5 Å². The Kier molecular flexibility index (Phi) is 11.1. The van der Waals surface area contributed by atoms with Crippen LogP contribution in [0.5, 0.6) is 0 Å². The van der Waals surface area contributed by atoms with Gasteiger partial charge in [-0.2, -0.15) is 0 Å². The van der Waals surface area contributed by atoms with Crippen molar-refractivity contribution in [2.24, 2.45) is 5.92 Å². The van der Waals surface area contributed by atoms with Gasteiger partial charge in [0.15, 0.2) is 11.7 Å². The number of hydrogen-bond donors (Lipinski definition) is 2. The molecule has 0 radical (unpaired) electrons. The molecule has 2 heterocycles. The van der Waals surface area contributed by atoms with Crippen molar-refractivity contribution < 1.29 is 9.21 Å². The molecule has 1 fully saturated rings. The number of amides is 1. The van der Waals surface area contributed by atoms with Crippen molar-refractivity contribution in [3.05, 3.63) is 42.4 Å². The van der Waals surface area contributed by atoms with E-state index in [1.807, 2.05) is 30.3 Å². The molecule has 1 aromatic carbocycles. The second kappa shape index (κ2) is 12.8. The van der Waals surface area contributed by atoms with Gasteiger partial charge in [-0.05, 0) is 44.7 Å². The zero-order valence-electron chi connectivity index (χ0n) is 15.5. The SMILES string of the molecule is Cl.Cl.O=C(CCCc1ncc(-c2ccccc2)o1)NCCC1CCCNC1. The normalized spacial score (nSPS) is 16.1. The highest BCUT2D eigenvalue weighted by Crippen LogP contribution is 2.20. The van der Waals surface area contributed by atoms with Gasteiger partial charge in [0.25, 0.3) is 0 Å². The molecule has 150 valence electrons. The standard InChI is InChI=1S/C20H27N3O2.2ClH/c24-19(22-13-11-16-6-5-12-21-14-16)9-4-10-20-23-15-18(25-20)17-7-2-1-3-8-17;;/h1-3,7-8,15-16,21H,4-6,9-14H2,(H,22,24);2*1H. The van der Waals surface area contributed by atoms with Gasteiger partial charge in [-0.3, -0.25) is 4.79 Å². The predicted molar refractivity (Wildman–Crippen MR) is 113 cm³/mol. The van der Waals surface area contributed by atoms with E-state index in [2.05, 4.69) is 15.6 Å². The summed E-state index contributed by atoms with van der Waals surface area (Å²) in [7, 11) is 0. The van der Waals surface area contributed by atoms with E-state index in [4.69, 9.17) is 4.42 Å². The zero-order chi connectivity index (χ0) is 17.3. The molecule has 1 aliphatic rings. The van der Waals surface area contributed by atoms with Gasteiger partial charge in [-0.25, -0.2) is 4.98 Å². The first kappa shape index (κ1) is 23.5. The maximum Gasteiger partial charge on any atom is 0.220 e. The average molecular weight is 414 g/mol. The number of hydrogen-bond acceptors (Lipinski definition) is 4. The summed E-state index contributed by atoms with van der Waals surface area (Å²) >= 11 is 0. The molecule has 27 heavy (non-hydrogen) atoms. The van der Waals surface area contributed by atoms with Crippen LogP contribution in [0.25, 0.3) is 11.3 Å². The van der Waals surface area contributed by atoms with Crippen LogP contribution in [0.3, 0.4) is 0 Å². The van der Waals surface area contributed by atoms with Crippen molar-refractivity contribution in [3.8, 4) is 11.3 Å². The Hall–Kier alpha value is -1.56. The third kappa shape index (κ3) is 7.91. The van der Waals surface area contributed by atoms with Crippen LogP contribution >= 0.6 is 24.8 Å². The number of benzene rings is 1. The van der Waals surface area contributed by atoms with E-state index in [1.54, 1.807) is 6.20 Å². The molecule has 1 aromatic heterocycles. The molecule has 5 nitrogen and oxygen atoms in total. The van der Waals surface area contributed by atoms with E-state index >= 15 is 0 Å². The van der Waals surface area contributed by atoms with E-state index in [-0.39, 0.29) is 30.7 Å². The summed E-state index contributed by atoms with van der Waals surface area (Å²) in [5.41, 5.74) is 1.02. The van der Waals surface area contributed by atoms with Crippen LogP contribution in [0, 0.1) is 5.92 Å². The van der Waals surface area contributed by atoms with Gasteiger partial charge in [0, 0.05) is 24.9 Å². The van der Waals surface area contributed by atoms with Crippen molar-refractivity contribution >= 4 is 30.7 Å². The number of carbonyl (C=O) groups is 1. The van der Waals surface area contributed by atoms with Gasteiger partial charge in [-0.1, -0.05) is 30.3 Å². The number of oxazole rings is 1. The Balaban J connectivity index is 0.00000182. The topological polar surface area (TPSA) is 67.2 Å². The Bertz CT molecular complexity index is 658. The van der Waals surface area contributed by atoms with Crippen molar-refractivity contribution in [3.63, 3.8) is 0 Å². The second-order valence-electron chi connectivity index (χ2n) is 6.69. The van der Waals surface area contributed by atoms with Crippen molar-refractivity contribution in [1.29, 1.82) is 0 Å². The van der Waals surface area contributed by atoms with Crippen LogP contribution in [0.4, 0.5) is 0 Å².